The number of amides is 1. The summed E-state index contributed by atoms with van der Waals surface area (Å²) in [4.78, 5) is 13.4. The second-order valence-corrected chi connectivity index (χ2v) is 7.04. The van der Waals surface area contributed by atoms with Crippen molar-refractivity contribution in [2.24, 2.45) is 0 Å². The molecule has 1 amide bonds. The van der Waals surface area contributed by atoms with Crippen LogP contribution in [0.1, 0.15) is 29.5 Å². The van der Waals surface area contributed by atoms with Gasteiger partial charge in [0.2, 0.25) is 5.91 Å². The molecule has 1 aliphatic rings. The standard InChI is InChI=1S/C22H27NO4/c1-15-5-7-18(16(2)13-15)23-21(24)22(9-11-27-12-10-22)17-6-8-19(25-3)20(14-17)26-4/h5-8,13-14H,9-12H2,1-4H3,(H,23,24). The number of ether oxygens (including phenoxy) is 3. The SMILES string of the molecule is COc1ccc(C2(C(=O)Nc3ccc(C)cc3C)CCOCC2)cc1OC. The molecule has 0 radical (unpaired) electrons. The first-order chi connectivity index (χ1) is 13.0. The van der Waals surface area contributed by atoms with Crippen LogP contribution in [-0.4, -0.2) is 33.3 Å². The monoisotopic (exact) mass is 369 g/mol. The van der Waals surface area contributed by atoms with Crippen molar-refractivity contribution in [3.8, 4) is 11.5 Å². The summed E-state index contributed by atoms with van der Waals surface area (Å²) in [6.45, 7) is 5.15. The highest BCUT2D eigenvalue weighted by Crippen LogP contribution is 2.40. The third kappa shape index (κ3) is 3.78. The first-order valence-electron chi connectivity index (χ1n) is 9.19. The van der Waals surface area contributed by atoms with Crippen LogP contribution in [0.4, 0.5) is 5.69 Å². The Hall–Kier alpha value is -2.53. The Bertz CT molecular complexity index is 825. The third-order valence-corrected chi connectivity index (χ3v) is 5.35. The Kier molecular flexibility index (Phi) is 5.71. The fourth-order valence-electron chi connectivity index (χ4n) is 3.70. The van der Waals surface area contributed by atoms with Gasteiger partial charge in [-0.1, -0.05) is 23.8 Å². The van der Waals surface area contributed by atoms with E-state index in [1.165, 1.54) is 5.56 Å². The van der Waals surface area contributed by atoms with Gasteiger partial charge in [-0.2, -0.15) is 0 Å². The molecule has 0 unspecified atom stereocenters. The predicted molar refractivity (Wildman–Crippen MR) is 106 cm³/mol. The number of benzene rings is 2. The normalized spacial score (nSPS) is 15.9. The van der Waals surface area contributed by atoms with Gasteiger partial charge in [0.1, 0.15) is 0 Å². The average Bonchev–Trinajstić information content (AvgIpc) is 2.69. The van der Waals surface area contributed by atoms with E-state index in [-0.39, 0.29) is 5.91 Å². The van der Waals surface area contributed by atoms with Crippen molar-refractivity contribution in [1.29, 1.82) is 0 Å². The van der Waals surface area contributed by atoms with Gasteiger partial charge in [0.05, 0.1) is 19.6 Å². The van der Waals surface area contributed by atoms with Crippen LogP contribution >= 0.6 is 0 Å². The van der Waals surface area contributed by atoms with E-state index in [9.17, 15) is 4.79 Å². The molecular formula is C22H27NO4. The Labute approximate surface area is 160 Å². The van der Waals surface area contributed by atoms with Gasteiger partial charge in [0.15, 0.2) is 11.5 Å². The molecule has 27 heavy (non-hydrogen) atoms. The molecule has 0 bridgehead atoms. The minimum Gasteiger partial charge on any atom is -0.493 e. The Morgan fingerprint density at radius 2 is 1.70 bits per heavy atom. The van der Waals surface area contributed by atoms with Crippen LogP contribution in [-0.2, 0) is 14.9 Å². The minimum absolute atomic E-state index is 0.00928. The number of rotatable bonds is 5. The van der Waals surface area contributed by atoms with E-state index < -0.39 is 5.41 Å². The quantitative estimate of drug-likeness (QED) is 0.865. The van der Waals surface area contributed by atoms with Gasteiger partial charge >= 0.3 is 0 Å². The molecule has 1 fully saturated rings. The van der Waals surface area contributed by atoms with Crippen molar-refractivity contribution in [1.82, 2.24) is 0 Å². The number of anilines is 1. The first kappa shape index (κ1) is 19.2. The van der Waals surface area contributed by atoms with Crippen molar-refractivity contribution < 1.29 is 19.0 Å². The number of nitrogens with one attached hydrogen (secondary N) is 1. The topological polar surface area (TPSA) is 56.8 Å². The van der Waals surface area contributed by atoms with Crippen LogP contribution in [0.25, 0.3) is 0 Å². The molecule has 5 heteroatoms. The Morgan fingerprint density at radius 3 is 2.33 bits per heavy atom. The lowest BCUT2D eigenvalue weighted by molar-refractivity contribution is -0.125. The second-order valence-electron chi connectivity index (χ2n) is 7.04. The summed E-state index contributed by atoms with van der Waals surface area (Å²) >= 11 is 0. The molecule has 0 atom stereocenters. The molecule has 144 valence electrons. The minimum atomic E-state index is -0.658. The highest BCUT2D eigenvalue weighted by Gasteiger charge is 2.42. The fraction of sp³-hybridized carbons (Fsp3) is 0.409. The lowest BCUT2D eigenvalue weighted by atomic mass is 9.73. The van der Waals surface area contributed by atoms with E-state index in [2.05, 4.69) is 11.4 Å². The predicted octanol–water partition coefficient (Wildman–Crippen LogP) is 4.01. The van der Waals surface area contributed by atoms with Gasteiger partial charge in [0, 0.05) is 18.9 Å². The van der Waals surface area contributed by atoms with Gasteiger partial charge in [-0.15, -0.1) is 0 Å². The maximum atomic E-state index is 13.4. The zero-order chi connectivity index (χ0) is 19.4. The summed E-state index contributed by atoms with van der Waals surface area (Å²) < 4.78 is 16.4. The summed E-state index contributed by atoms with van der Waals surface area (Å²) in [5.41, 5.74) is 3.33. The molecule has 1 saturated heterocycles. The largest absolute Gasteiger partial charge is 0.493 e. The van der Waals surface area contributed by atoms with Crippen LogP contribution in [0.5, 0.6) is 11.5 Å². The average molecular weight is 369 g/mol. The van der Waals surface area contributed by atoms with Gasteiger partial charge in [-0.25, -0.2) is 0 Å². The number of carbonyl (C=O) groups is 1. The molecule has 0 spiro atoms. The van der Waals surface area contributed by atoms with E-state index in [0.29, 0.717) is 37.6 Å². The van der Waals surface area contributed by atoms with Crippen molar-refractivity contribution in [3.05, 3.63) is 53.1 Å². The Balaban J connectivity index is 1.98. The maximum Gasteiger partial charge on any atom is 0.235 e. The summed E-state index contributed by atoms with van der Waals surface area (Å²) in [6.07, 6.45) is 1.25. The zero-order valence-corrected chi connectivity index (χ0v) is 16.4. The van der Waals surface area contributed by atoms with Crippen LogP contribution < -0.4 is 14.8 Å². The molecule has 0 aliphatic carbocycles. The maximum absolute atomic E-state index is 13.4. The van der Waals surface area contributed by atoms with Crippen LogP contribution in [0.2, 0.25) is 0 Å². The van der Waals surface area contributed by atoms with E-state index in [0.717, 1.165) is 16.8 Å². The van der Waals surface area contributed by atoms with E-state index in [4.69, 9.17) is 14.2 Å². The fourth-order valence-corrected chi connectivity index (χ4v) is 3.70. The van der Waals surface area contributed by atoms with Crippen LogP contribution in [0.3, 0.4) is 0 Å². The van der Waals surface area contributed by atoms with Gasteiger partial charge in [-0.05, 0) is 56.0 Å². The number of hydrogen-bond donors (Lipinski definition) is 1. The number of carbonyl (C=O) groups excluding carboxylic acids is 1. The summed E-state index contributed by atoms with van der Waals surface area (Å²) in [5, 5.41) is 3.15. The van der Waals surface area contributed by atoms with Crippen LogP contribution in [0.15, 0.2) is 36.4 Å². The lowest BCUT2D eigenvalue weighted by Gasteiger charge is -2.36. The summed E-state index contributed by atoms with van der Waals surface area (Å²) in [5.74, 6) is 1.27. The summed E-state index contributed by atoms with van der Waals surface area (Å²) in [7, 11) is 3.21. The third-order valence-electron chi connectivity index (χ3n) is 5.35. The van der Waals surface area contributed by atoms with Crippen molar-refractivity contribution in [3.63, 3.8) is 0 Å². The molecule has 0 saturated carbocycles. The van der Waals surface area contributed by atoms with E-state index >= 15 is 0 Å². The molecule has 1 N–H and O–H groups in total. The second kappa shape index (κ2) is 8.01. The molecule has 1 heterocycles. The molecule has 2 aromatic rings. The molecule has 2 aromatic carbocycles. The number of hydrogen-bond acceptors (Lipinski definition) is 4. The first-order valence-corrected chi connectivity index (χ1v) is 9.19. The number of aryl methyl sites for hydroxylation is 2. The van der Waals surface area contributed by atoms with Crippen molar-refractivity contribution in [2.75, 3.05) is 32.8 Å². The molecular weight excluding hydrogens is 342 g/mol. The van der Waals surface area contributed by atoms with E-state index in [1.54, 1.807) is 14.2 Å². The molecule has 1 aliphatic heterocycles. The van der Waals surface area contributed by atoms with Crippen molar-refractivity contribution >= 4 is 11.6 Å². The lowest BCUT2D eigenvalue weighted by Crippen LogP contribution is -2.45. The highest BCUT2D eigenvalue weighted by atomic mass is 16.5. The highest BCUT2D eigenvalue weighted by molar-refractivity contribution is 6.00. The zero-order valence-electron chi connectivity index (χ0n) is 16.4. The van der Waals surface area contributed by atoms with Crippen molar-refractivity contribution in [2.45, 2.75) is 32.1 Å². The molecule has 3 rings (SSSR count). The smallest absolute Gasteiger partial charge is 0.235 e. The Morgan fingerprint density at radius 1 is 1.00 bits per heavy atom. The van der Waals surface area contributed by atoms with E-state index in [1.807, 2.05) is 44.2 Å². The van der Waals surface area contributed by atoms with Gasteiger partial charge < -0.3 is 19.5 Å². The molecule has 0 aromatic heterocycles. The van der Waals surface area contributed by atoms with Crippen LogP contribution in [0, 0.1) is 13.8 Å². The van der Waals surface area contributed by atoms with Gasteiger partial charge in [-0.3, -0.25) is 4.79 Å². The van der Waals surface area contributed by atoms with Gasteiger partial charge in [0.25, 0.3) is 0 Å². The molecule has 5 nitrogen and oxygen atoms in total. The summed E-state index contributed by atoms with van der Waals surface area (Å²) in [6, 6.07) is 11.8. The number of methoxy groups -OCH3 is 2.